The first-order valence-electron chi connectivity index (χ1n) is 6.06. The zero-order valence-electron chi connectivity index (χ0n) is 10.8. The molecule has 1 heterocycles. The van der Waals surface area contributed by atoms with E-state index < -0.39 is 0 Å². The Hall–Kier alpha value is -1.37. The van der Waals surface area contributed by atoms with Crippen LogP contribution < -0.4 is 5.73 Å². The maximum atomic E-state index is 5.33. The molecule has 0 saturated heterocycles. The highest BCUT2D eigenvalue weighted by Crippen LogP contribution is 2.21. The molecule has 0 atom stereocenters. The molecule has 0 aliphatic rings. The Morgan fingerprint density at radius 2 is 2.11 bits per heavy atom. The van der Waals surface area contributed by atoms with E-state index in [0.717, 1.165) is 0 Å². The van der Waals surface area contributed by atoms with Crippen LogP contribution in [-0.2, 0) is 17.1 Å². The van der Waals surface area contributed by atoms with Crippen molar-refractivity contribution in [1.82, 2.24) is 10.1 Å². The molecule has 6 heteroatoms. The first kappa shape index (κ1) is 14.0. The number of rotatable bonds is 7. The van der Waals surface area contributed by atoms with Gasteiger partial charge in [-0.3, -0.25) is 0 Å². The molecule has 102 valence electrons. The number of nitrogens with two attached hydrogens (primary N) is 1. The number of hydrogen-bond donors (Lipinski definition) is 1. The molecule has 0 aliphatic carbocycles. The average molecular weight is 279 g/mol. The van der Waals surface area contributed by atoms with Gasteiger partial charge in [0.05, 0.1) is 12.4 Å². The fourth-order valence-corrected chi connectivity index (χ4v) is 2.17. The molecule has 0 saturated carbocycles. The number of thioether (sulfide) groups is 1. The van der Waals surface area contributed by atoms with Gasteiger partial charge in [0.2, 0.25) is 0 Å². The van der Waals surface area contributed by atoms with Gasteiger partial charge in [0.15, 0.2) is 5.82 Å². The summed E-state index contributed by atoms with van der Waals surface area (Å²) < 4.78 is 10.3. The first-order chi connectivity index (χ1) is 9.28. The molecular formula is C13H17N3O2S. The lowest BCUT2D eigenvalue weighted by atomic mass is 10.2. The maximum absolute atomic E-state index is 5.33. The van der Waals surface area contributed by atoms with Gasteiger partial charge in [-0.05, 0) is 19.1 Å². The third-order valence-corrected chi connectivity index (χ3v) is 3.39. The van der Waals surface area contributed by atoms with Crippen molar-refractivity contribution in [2.75, 3.05) is 13.2 Å². The van der Waals surface area contributed by atoms with Crippen molar-refractivity contribution in [3.8, 4) is 0 Å². The summed E-state index contributed by atoms with van der Waals surface area (Å²) in [6.45, 7) is 3.38. The molecule has 0 amide bonds. The lowest BCUT2D eigenvalue weighted by molar-refractivity contribution is 0.104. The van der Waals surface area contributed by atoms with Gasteiger partial charge in [0.25, 0.3) is 5.89 Å². The van der Waals surface area contributed by atoms with E-state index in [-0.39, 0.29) is 0 Å². The molecule has 2 N–H and O–H groups in total. The Labute approximate surface area is 116 Å². The molecule has 2 aromatic rings. The predicted octanol–water partition coefficient (Wildman–Crippen LogP) is 2.15. The molecule has 1 aromatic carbocycles. The number of nitrogens with zero attached hydrogens (tertiary/aromatic N) is 2. The molecule has 2 rings (SSSR count). The second-order valence-corrected chi connectivity index (χ2v) is 5.10. The van der Waals surface area contributed by atoms with Crippen LogP contribution in [0.3, 0.4) is 0 Å². The fourth-order valence-electron chi connectivity index (χ4n) is 1.43. The minimum Gasteiger partial charge on any atom is -0.370 e. The highest BCUT2D eigenvalue weighted by Gasteiger charge is 2.06. The van der Waals surface area contributed by atoms with Crippen LogP contribution in [0.25, 0.3) is 0 Å². The van der Waals surface area contributed by atoms with Crippen LogP contribution in [0.5, 0.6) is 0 Å². The summed E-state index contributed by atoms with van der Waals surface area (Å²) in [4.78, 5) is 5.44. The van der Waals surface area contributed by atoms with Crippen molar-refractivity contribution >= 4 is 11.8 Å². The zero-order valence-corrected chi connectivity index (χ0v) is 11.7. The van der Waals surface area contributed by atoms with E-state index in [9.17, 15) is 0 Å². The van der Waals surface area contributed by atoms with Crippen LogP contribution in [0.15, 0.2) is 33.7 Å². The zero-order chi connectivity index (χ0) is 13.5. The second kappa shape index (κ2) is 7.28. The average Bonchev–Trinajstić information content (AvgIpc) is 2.86. The van der Waals surface area contributed by atoms with Crippen LogP contribution in [-0.4, -0.2) is 23.3 Å². The molecule has 0 bridgehead atoms. The Kier molecular flexibility index (Phi) is 5.38. The minimum absolute atomic E-state index is 0.319. The van der Waals surface area contributed by atoms with Gasteiger partial charge in [0.1, 0.15) is 6.61 Å². The largest absolute Gasteiger partial charge is 0.370 e. The normalized spacial score (nSPS) is 10.8. The SMILES string of the molecule is Cc1ccc(SCc2noc(COCCN)n2)cc1. The van der Waals surface area contributed by atoms with Crippen molar-refractivity contribution in [3.63, 3.8) is 0 Å². The molecule has 0 fully saturated rings. The Morgan fingerprint density at radius 3 is 2.84 bits per heavy atom. The second-order valence-electron chi connectivity index (χ2n) is 4.05. The van der Waals surface area contributed by atoms with E-state index >= 15 is 0 Å². The van der Waals surface area contributed by atoms with Gasteiger partial charge in [-0.25, -0.2) is 0 Å². The lowest BCUT2D eigenvalue weighted by Crippen LogP contribution is -2.08. The molecule has 19 heavy (non-hydrogen) atoms. The summed E-state index contributed by atoms with van der Waals surface area (Å²) in [5.41, 5.74) is 6.58. The molecule has 0 unspecified atom stereocenters. The standard InChI is InChI=1S/C13H17N3O2S/c1-10-2-4-11(5-3-10)19-9-12-15-13(18-16-12)8-17-7-6-14/h2-5H,6-9,14H2,1H3. The number of benzene rings is 1. The van der Waals surface area contributed by atoms with Crippen molar-refractivity contribution in [3.05, 3.63) is 41.5 Å². The quantitative estimate of drug-likeness (QED) is 0.618. The third kappa shape index (κ3) is 4.66. The van der Waals surface area contributed by atoms with Crippen molar-refractivity contribution in [2.24, 2.45) is 5.73 Å². The molecule has 5 nitrogen and oxygen atoms in total. The van der Waals surface area contributed by atoms with E-state index in [2.05, 4.69) is 41.3 Å². The van der Waals surface area contributed by atoms with Crippen LogP contribution in [0.4, 0.5) is 0 Å². The number of aromatic nitrogens is 2. The number of aryl methyl sites for hydroxylation is 1. The van der Waals surface area contributed by atoms with Crippen LogP contribution >= 0.6 is 11.8 Å². The first-order valence-corrected chi connectivity index (χ1v) is 7.05. The monoisotopic (exact) mass is 279 g/mol. The van der Waals surface area contributed by atoms with Crippen LogP contribution in [0.1, 0.15) is 17.3 Å². The van der Waals surface area contributed by atoms with E-state index in [0.29, 0.717) is 37.2 Å². The van der Waals surface area contributed by atoms with Gasteiger partial charge >= 0.3 is 0 Å². The summed E-state index contributed by atoms with van der Waals surface area (Å²) in [7, 11) is 0. The van der Waals surface area contributed by atoms with E-state index in [4.69, 9.17) is 15.0 Å². The number of ether oxygens (including phenoxy) is 1. The number of hydrogen-bond acceptors (Lipinski definition) is 6. The molecule has 0 aliphatic heterocycles. The molecule has 0 radical (unpaired) electrons. The smallest absolute Gasteiger partial charge is 0.252 e. The summed E-state index contributed by atoms with van der Waals surface area (Å²) in [6.07, 6.45) is 0. The third-order valence-electron chi connectivity index (χ3n) is 2.39. The van der Waals surface area contributed by atoms with E-state index in [1.54, 1.807) is 11.8 Å². The van der Waals surface area contributed by atoms with Gasteiger partial charge < -0.3 is 15.0 Å². The Balaban J connectivity index is 1.81. The maximum Gasteiger partial charge on any atom is 0.252 e. The van der Waals surface area contributed by atoms with Crippen molar-refractivity contribution < 1.29 is 9.26 Å². The van der Waals surface area contributed by atoms with Crippen molar-refractivity contribution in [1.29, 1.82) is 0 Å². The van der Waals surface area contributed by atoms with Gasteiger partial charge in [-0.2, -0.15) is 4.98 Å². The summed E-state index contributed by atoms with van der Waals surface area (Å²) in [5, 5.41) is 3.91. The molecular weight excluding hydrogens is 262 g/mol. The van der Waals surface area contributed by atoms with E-state index in [1.165, 1.54) is 10.5 Å². The topological polar surface area (TPSA) is 74.2 Å². The van der Waals surface area contributed by atoms with Crippen LogP contribution in [0.2, 0.25) is 0 Å². The van der Waals surface area contributed by atoms with Crippen LogP contribution in [0, 0.1) is 6.92 Å². The minimum atomic E-state index is 0.319. The highest BCUT2D eigenvalue weighted by molar-refractivity contribution is 7.98. The molecule has 1 aromatic heterocycles. The molecule has 0 spiro atoms. The summed E-state index contributed by atoms with van der Waals surface area (Å²) in [5.74, 6) is 1.86. The summed E-state index contributed by atoms with van der Waals surface area (Å²) >= 11 is 1.68. The summed E-state index contributed by atoms with van der Waals surface area (Å²) in [6, 6.07) is 8.35. The fraction of sp³-hybridized carbons (Fsp3) is 0.385. The highest BCUT2D eigenvalue weighted by atomic mass is 32.2. The predicted molar refractivity (Wildman–Crippen MR) is 73.7 cm³/mol. The Bertz CT molecular complexity index is 499. The lowest BCUT2D eigenvalue weighted by Gasteiger charge is -1.98. The van der Waals surface area contributed by atoms with E-state index in [1.807, 2.05) is 0 Å². The Morgan fingerprint density at radius 1 is 1.32 bits per heavy atom. The van der Waals surface area contributed by atoms with Gasteiger partial charge in [-0.1, -0.05) is 22.9 Å². The van der Waals surface area contributed by atoms with Gasteiger partial charge in [-0.15, -0.1) is 11.8 Å². The van der Waals surface area contributed by atoms with Gasteiger partial charge in [0, 0.05) is 11.4 Å². The van der Waals surface area contributed by atoms with Crippen molar-refractivity contribution in [2.45, 2.75) is 24.2 Å².